The molecule has 2 heterocycles. The Morgan fingerprint density at radius 1 is 0.689 bits per heavy atom. The quantitative estimate of drug-likeness (QED) is 0.0646. The Morgan fingerprint density at radius 3 is 1.85 bits per heavy atom. The molecule has 61 heavy (non-hydrogen) atoms. The third-order valence-electron chi connectivity index (χ3n) is 11.1. The van der Waals surface area contributed by atoms with Crippen molar-refractivity contribution >= 4 is 52.2 Å². The summed E-state index contributed by atoms with van der Waals surface area (Å²) >= 11 is 0. The highest BCUT2D eigenvalue weighted by Gasteiger charge is 2.42. The lowest BCUT2D eigenvalue weighted by molar-refractivity contribution is -0.690. The van der Waals surface area contributed by atoms with Gasteiger partial charge >= 0.3 is 12.4 Å². The molecule has 6 nitrogen and oxygen atoms in total. The standard InChI is InChI=1S/C49H37F6N3O3/c50-48(51,52)36-27-37(49(53,54)55)29-38(28-36)56-47(61)42(35-20-22-57(23-21-35)30-46(59)60)25-32-16-19-45-43(26-32)40-12-7-13-44(40)58(45)39-17-14-31(15-18-39)24-41(33-8-3-1-4-9-33)34-10-5-2-6-11-34/h1-6,8-11,14-29,40,44H,7,12-13,30H2,(H-,56,59,60,61). The van der Waals surface area contributed by atoms with E-state index in [-0.39, 0.29) is 29.2 Å². The number of aromatic nitrogens is 1. The summed E-state index contributed by atoms with van der Waals surface area (Å²) in [7, 11) is 0. The number of aliphatic carboxylic acids is 1. The largest absolute Gasteiger partial charge is 0.544 e. The highest BCUT2D eigenvalue weighted by Crippen LogP contribution is 2.52. The molecule has 308 valence electrons. The summed E-state index contributed by atoms with van der Waals surface area (Å²) in [6.45, 7) is -0.484. The summed E-state index contributed by atoms with van der Waals surface area (Å²) < 4.78 is 83.4. The van der Waals surface area contributed by atoms with Crippen molar-refractivity contribution in [2.75, 3.05) is 10.2 Å². The van der Waals surface area contributed by atoms with Crippen LogP contribution in [0.3, 0.4) is 0 Å². The average Bonchev–Trinajstić information content (AvgIpc) is 3.83. The molecule has 2 atom stereocenters. The lowest BCUT2D eigenvalue weighted by Crippen LogP contribution is -2.43. The molecule has 0 radical (unpaired) electrons. The van der Waals surface area contributed by atoms with E-state index in [9.17, 15) is 41.0 Å². The average molecular weight is 830 g/mol. The molecule has 1 aromatic heterocycles. The van der Waals surface area contributed by atoms with Crippen molar-refractivity contribution in [1.29, 1.82) is 0 Å². The van der Waals surface area contributed by atoms with Crippen molar-refractivity contribution in [3.8, 4) is 0 Å². The van der Waals surface area contributed by atoms with Crippen LogP contribution >= 0.6 is 0 Å². The highest BCUT2D eigenvalue weighted by atomic mass is 19.4. The summed E-state index contributed by atoms with van der Waals surface area (Å²) in [5.41, 5.74) is 4.32. The predicted molar refractivity (Wildman–Crippen MR) is 220 cm³/mol. The number of nitrogens with one attached hydrogen (secondary N) is 1. The maximum absolute atomic E-state index is 13.9. The third-order valence-corrected chi connectivity index (χ3v) is 11.1. The molecule has 1 aliphatic carbocycles. The van der Waals surface area contributed by atoms with E-state index < -0.39 is 47.6 Å². The maximum atomic E-state index is 13.9. The monoisotopic (exact) mass is 829 g/mol. The minimum Gasteiger partial charge on any atom is -0.544 e. The van der Waals surface area contributed by atoms with Crippen molar-refractivity contribution in [1.82, 2.24) is 0 Å². The number of alkyl halides is 6. The number of fused-ring (bicyclic) bond motifs is 3. The second-order valence-electron chi connectivity index (χ2n) is 15.1. The Morgan fingerprint density at radius 2 is 1.28 bits per heavy atom. The SMILES string of the molecule is O=C([O-])C[n+]1ccc(/C(=C/c2ccc3c(c2)C2CCCC2N3c2ccc(C=C(c3ccccc3)c3ccccc3)cc2)C(=O)Nc2cc(C(F)(F)F)cc(C(F)(F)F)c2)cc1. The molecular weight excluding hydrogens is 793 g/mol. The summed E-state index contributed by atoms with van der Waals surface area (Å²) in [4.78, 5) is 27.5. The van der Waals surface area contributed by atoms with Crippen LogP contribution < -0.4 is 19.9 Å². The van der Waals surface area contributed by atoms with Gasteiger partial charge in [-0.1, -0.05) is 85.3 Å². The normalized spacial score (nSPS) is 16.2. The van der Waals surface area contributed by atoms with Gasteiger partial charge in [-0.05, 0) is 106 Å². The molecule has 0 spiro atoms. The van der Waals surface area contributed by atoms with E-state index >= 15 is 0 Å². The number of pyridine rings is 1. The van der Waals surface area contributed by atoms with Crippen LogP contribution in [-0.2, 0) is 28.5 Å². The van der Waals surface area contributed by atoms with Gasteiger partial charge in [-0.3, -0.25) is 4.79 Å². The number of hydrogen-bond acceptors (Lipinski definition) is 4. The van der Waals surface area contributed by atoms with E-state index in [0.29, 0.717) is 17.7 Å². The lowest BCUT2D eigenvalue weighted by atomic mass is 9.94. The Hall–Kier alpha value is -6.95. The van der Waals surface area contributed by atoms with Gasteiger partial charge in [-0.15, -0.1) is 0 Å². The number of amides is 1. The molecular formula is C49H37F6N3O3. The number of benzene rings is 5. The zero-order chi connectivity index (χ0) is 42.9. The van der Waals surface area contributed by atoms with Crippen LogP contribution in [0.1, 0.15) is 69.7 Å². The first-order valence-electron chi connectivity index (χ1n) is 19.6. The number of carbonyl (C=O) groups excluding carboxylic acids is 2. The zero-order valence-corrected chi connectivity index (χ0v) is 32.4. The summed E-state index contributed by atoms with van der Waals surface area (Å²) in [5.74, 6) is -2.15. The van der Waals surface area contributed by atoms with Gasteiger partial charge < -0.3 is 20.1 Å². The number of carboxylic acids is 1. The van der Waals surface area contributed by atoms with Crippen LogP contribution in [-0.4, -0.2) is 17.9 Å². The minimum absolute atomic E-state index is 0.0109. The number of nitrogens with zero attached hydrogens (tertiary/aromatic N) is 2. The van der Waals surface area contributed by atoms with E-state index in [1.807, 2.05) is 54.6 Å². The first kappa shape index (κ1) is 40.8. The van der Waals surface area contributed by atoms with Gasteiger partial charge in [0.1, 0.15) is 5.97 Å². The van der Waals surface area contributed by atoms with Crippen molar-refractivity contribution in [3.63, 3.8) is 0 Å². The lowest BCUT2D eigenvalue weighted by Gasteiger charge is -2.27. The second kappa shape index (κ2) is 16.6. The van der Waals surface area contributed by atoms with Gasteiger partial charge in [-0.2, -0.15) is 30.9 Å². The van der Waals surface area contributed by atoms with E-state index in [2.05, 4.69) is 64.8 Å². The van der Waals surface area contributed by atoms with Gasteiger partial charge in [0.25, 0.3) is 5.91 Å². The van der Waals surface area contributed by atoms with Crippen LogP contribution in [0.4, 0.5) is 43.4 Å². The number of rotatable bonds is 10. The van der Waals surface area contributed by atoms with E-state index in [1.165, 1.54) is 35.2 Å². The smallest absolute Gasteiger partial charge is 0.416 e. The van der Waals surface area contributed by atoms with E-state index in [4.69, 9.17) is 0 Å². The van der Waals surface area contributed by atoms with Crippen molar-refractivity contribution in [2.45, 2.75) is 50.1 Å². The molecule has 6 aromatic rings. The summed E-state index contributed by atoms with van der Waals surface area (Å²) in [6, 6.07) is 38.5. The van der Waals surface area contributed by atoms with E-state index in [1.54, 1.807) is 0 Å². The predicted octanol–water partition coefficient (Wildman–Crippen LogP) is 10.3. The van der Waals surface area contributed by atoms with Crippen LogP contribution in [0.5, 0.6) is 0 Å². The number of carboxylic acid groups (broad SMARTS) is 1. The van der Waals surface area contributed by atoms with E-state index in [0.717, 1.165) is 58.5 Å². The summed E-state index contributed by atoms with van der Waals surface area (Å²) in [5, 5.41) is 13.5. The Bertz CT molecular complexity index is 2570. The molecule has 5 aromatic carbocycles. The van der Waals surface area contributed by atoms with Crippen molar-refractivity contribution in [3.05, 3.63) is 190 Å². The molecule has 1 fully saturated rings. The Labute approximate surface area is 347 Å². The molecule has 12 heteroatoms. The Kier molecular flexibility index (Phi) is 11.1. The number of hydrogen-bond donors (Lipinski definition) is 1. The van der Waals surface area contributed by atoms with Crippen molar-refractivity contribution in [2.24, 2.45) is 0 Å². The van der Waals surface area contributed by atoms with Gasteiger partial charge in [0.2, 0.25) is 0 Å². The Balaban J connectivity index is 1.14. The highest BCUT2D eigenvalue weighted by molar-refractivity contribution is 6.29. The molecule has 1 saturated carbocycles. The van der Waals surface area contributed by atoms with Crippen LogP contribution in [0.2, 0.25) is 0 Å². The van der Waals surface area contributed by atoms with Crippen LogP contribution in [0.25, 0.3) is 23.3 Å². The molecule has 1 amide bonds. The fraction of sp³-hybridized carbons (Fsp3) is 0.163. The molecule has 2 unspecified atom stereocenters. The van der Waals surface area contributed by atoms with Gasteiger partial charge in [0, 0.05) is 46.7 Å². The first-order valence-corrected chi connectivity index (χ1v) is 19.6. The van der Waals surface area contributed by atoms with Gasteiger partial charge in [0.05, 0.1) is 11.1 Å². The van der Waals surface area contributed by atoms with Crippen molar-refractivity contribution < 1.29 is 45.6 Å². The first-order chi connectivity index (χ1) is 29.2. The zero-order valence-electron chi connectivity index (χ0n) is 32.4. The number of anilines is 3. The molecule has 1 N–H and O–H groups in total. The van der Waals surface area contributed by atoms with Crippen LogP contribution in [0, 0.1) is 0 Å². The molecule has 1 aliphatic heterocycles. The molecule has 8 rings (SSSR count). The topological polar surface area (TPSA) is 76.3 Å². The molecule has 0 bridgehead atoms. The number of carbonyl (C=O) groups is 2. The number of halogens is 6. The third kappa shape index (κ3) is 8.98. The molecule has 2 aliphatic rings. The van der Waals surface area contributed by atoms with Crippen LogP contribution in [0.15, 0.2) is 146 Å². The van der Waals surface area contributed by atoms with Gasteiger partial charge in [-0.25, -0.2) is 0 Å². The maximum Gasteiger partial charge on any atom is 0.416 e. The van der Waals surface area contributed by atoms with Gasteiger partial charge in [0.15, 0.2) is 18.9 Å². The molecule has 0 saturated heterocycles. The fourth-order valence-corrected chi connectivity index (χ4v) is 8.33. The summed E-state index contributed by atoms with van der Waals surface area (Å²) in [6.07, 6.45) is -0.874. The minimum atomic E-state index is -5.12. The second-order valence-corrected chi connectivity index (χ2v) is 15.1. The fourth-order valence-electron chi connectivity index (χ4n) is 8.33.